The molecule has 0 saturated carbocycles. The van der Waals surface area contributed by atoms with Crippen LogP contribution in [0.15, 0.2) is 12.1 Å². The van der Waals surface area contributed by atoms with Crippen LogP contribution >= 0.6 is 11.6 Å². The molecule has 0 aliphatic rings. The Labute approximate surface area is 131 Å². The fraction of sp³-hybridized carbons (Fsp3) is 0.538. The highest BCUT2D eigenvalue weighted by molar-refractivity contribution is 6.31. The zero-order valence-corrected chi connectivity index (χ0v) is 12.7. The van der Waals surface area contributed by atoms with Crippen LogP contribution in [0.25, 0.3) is 0 Å². The van der Waals surface area contributed by atoms with Crippen molar-refractivity contribution < 1.29 is 39.9 Å². The zero-order valence-electron chi connectivity index (χ0n) is 12.0. The molecule has 0 spiro atoms. The summed E-state index contributed by atoms with van der Waals surface area (Å²) in [4.78, 5) is 0. The van der Waals surface area contributed by atoms with E-state index in [1.54, 1.807) is 0 Å². The lowest BCUT2D eigenvalue weighted by molar-refractivity contribution is -0.275. The van der Waals surface area contributed by atoms with Crippen molar-refractivity contribution in [2.75, 3.05) is 0 Å². The van der Waals surface area contributed by atoms with Crippen molar-refractivity contribution in [3.05, 3.63) is 28.3 Å². The van der Waals surface area contributed by atoms with Crippen molar-refractivity contribution in [2.24, 2.45) is 0 Å². The van der Waals surface area contributed by atoms with E-state index in [0.29, 0.717) is 6.07 Å². The van der Waals surface area contributed by atoms with Crippen molar-refractivity contribution in [2.45, 2.75) is 44.6 Å². The maximum Gasteiger partial charge on any atom is 0.573 e. The Bertz CT molecular complexity index is 571. The molecule has 1 aromatic carbocycles. The molecule has 0 amide bonds. The predicted molar refractivity (Wildman–Crippen MR) is 66.9 cm³/mol. The lowest BCUT2D eigenvalue weighted by Gasteiger charge is -2.36. The van der Waals surface area contributed by atoms with Gasteiger partial charge in [-0.3, -0.25) is 0 Å². The molecule has 0 fully saturated rings. The van der Waals surface area contributed by atoms with Crippen molar-refractivity contribution >= 4 is 11.6 Å². The smallest absolute Gasteiger partial charge is 0.405 e. The molecule has 0 bridgehead atoms. The molecule has 0 N–H and O–H groups in total. The van der Waals surface area contributed by atoms with Gasteiger partial charge in [0.2, 0.25) is 0 Å². The van der Waals surface area contributed by atoms with E-state index in [9.17, 15) is 35.1 Å². The number of alkyl halides is 8. The first-order valence-corrected chi connectivity index (χ1v) is 6.39. The maximum absolute atomic E-state index is 14.6. The third-order valence-electron chi connectivity index (χ3n) is 3.13. The monoisotopic (exact) mass is 370 g/mol. The van der Waals surface area contributed by atoms with Crippen LogP contribution in [-0.4, -0.2) is 18.2 Å². The number of rotatable bonds is 4. The highest BCUT2D eigenvalue weighted by atomic mass is 35.5. The lowest BCUT2D eigenvalue weighted by Crippen LogP contribution is -2.51. The van der Waals surface area contributed by atoms with Gasteiger partial charge in [-0.25, -0.2) is 22.0 Å². The summed E-state index contributed by atoms with van der Waals surface area (Å²) in [6.07, 6.45) is -5.24. The van der Waals surface area contributed by atoms with Gasteiger partial charge in [-0.1, -0.05) is 11.6 Å². The summed E-state index contributed by atoms with van der Waals surface area (Å²) in [6.45, 7) is 0.812. The summed E-state index contributed by atoms with van der Waals surface area (Å²) >= 11 is 5.55. The van der Waals surface area contributed by atoms with E-state index in [2.05, 4.69) is 4.74 Å². The molecule has 0 radical (unpaired) electrons. The summed E-state index contributed by atoms with van der Waals surface area (Å²) < 4.78 is 109. The van der Waals surface area contributed by atoms with Gasteiger partial charge in [-0.2, -0.15) is 0 Å². The van der Waals surface area contributed by atoms with E-state index < -0.39 is 40.2 Å². The Balaban J connectivity index is 3.64. The van der Waals surface area contributed by atoms with E-state index in [4.69, 9.17) is 11.6 Å². The number of hydrogen-bond acceptors (Lipinski definition) is 1. The third-order valence-corrected chi connectivity index (χ3v) is 3.52. The van der Waals surface area contributed by atoms with Crippen LogP contribution in [0.5, 0.6) is 5.75 Å². The minimum Gasteiger partial charge on any atom is -0.405 e. The Morgan fingerprint density at radius 3 is 1.65 bits per heavy atom. The first-order valence-electron chi connectivity index (χ1n) is 6.01. The molecule has 132 valence electrons. The molecular weight excluding hydrogens is 360 g/mol. The fourth-order valence-electron chi connectivity index (χ4n) is 1.98. The van der Waals surface area contributed by atoms with Gasteiger partial charge >= 0.3 is 6.36 Å². The van der Waals surface area contributed by atoms with E-state index in [-0.39, 0.29) is 25.5 Å². The fourth-order valence-corrected chi connectivity index (χ4v) is 2.19. The minimum absolute atomic E-state index is 0.109. The SMILES string of the molecule is Cc1c(Cl)cc(C(F)(C(C)(F)F)C(C)(F)F)cc1OC(F)(F)F. The number of ether oxygens (including phenoxy) is 1. The van der Waals surface area contributed by atoms with Crippen molar-refractivity contribution in [1.82, 2.24) is 0 Å². The molecule has 1 nitrogen and oxygen atoms in total. The van der Waals surface area contributed by atoms with E-state index in [1.165, 1.54) is 0 Å². The average molecular weight is 371 g/mol. The zero-order chi connectivity index (χ0) is 18.4. The quantitative estimate of drug-likeness (QED) is 0.589. The van der Waals surface area contributed by atoms with Gasteiger partial charge in [0.25, 0.3) is 17.5 Å². The topological polar surface area (TPSA) is 9.23 Å². The predicted octanol–water partition coefficient (Wildman–Crippen LogP) is 6.02. The first kappa shape index (κ1) is 19.8. The minimum atomic E-state index is -5.24. The largest absolute Gasteiger partial charge is 0.573 e. The molecule has 0 atom stereocenters. The Morgan fingerprint density at radius 2 is 1.30 bits per heavy atom. The van der Waals surface area contributed by atoms with Crippen LogP contribution in [0, 0.1) is 6.92 Å². The highest BCUT2D eigenvalue weighted by Gasteiger charge is 2.66. The van der Waals surface area contributed by atoms with Crippen LogP contribution in [0.2, 0.25) is 5.02 Å². The molecular formula is C13H11ClF8O. The van der Waals surface area contributed by atoms with Crippen LogP contribution < -0.4 is 4.74 Å². The van der Waals surface area contributed by atoms with E-state index >= 15 is 0 Å². The standard InChI is InChI=1S/C13H11ClF8O/c1-6-8(14)4-7(5-9(6)23-13(20,21)22)12(19,10(2,15)16)11(3,17)18/h4-5H,1-3H3. The highest BCUT2D eigenvalue weighted by Crippen LogP contribution is 2.53. The van der Waals surface area contributed by atoms with Gasteiger partial charge in [0.05, 0.1) is 0 Å². The third kappa shape index (κ3) is 3.81. The second kappa shape index (κ2) is 5.68. The average Bonchev–Trinajstić information content (AvgIpc) is 2.29. The first-order chi connectivity index (χ1) is 10.0. The molecule has 0 aliphatic carbocycles. The van der Waals surface area contributed by atoms with Crippen LogP contribution in [0.4, 0.5) is 35.1 Å². The van der Waals surface area contributed by atoms with Gasteiger partial charge in [0.1, 0.15) is 5.75 Å². The van der Waals surface area contributed by atoms with E-state index in [0.717, 1.165) is 6.92 Å². The summed E-state index contributed by atoms with van der Waals surface area (Å²) in [6, 6.07) is 0.568. The van der Waals surface area contributed by atoms with Crippen molar-refractivity contribution in [3.8, 4) is 5.75 Å². The normalized spacial score (nSPS) is 14.1. The second-order valence-corrected chi connectivity index (χ2v) is 5.47. The van der Waals surface area contributed by atoms with Gasteiger partial charge in [-0.15, -0.1) is 13.2 Å². The summed E-state index contributed by atoms with van der Waals surface area (Å²) in [5.74, 6) is -10.4. The summed E-state index contributed by atoms with van der Waals surface area (Å²) in [5.41, 5.74) is -6.37. The molecule has 0 aliphatic heterocycles. The number of benzene rings is 1. The molecule has 0 aromatic heterocycles. The summed E-state index contributed by atoms with van der Waals surface area (Å²) in [7, 11) is 0. The molecule has 0 saturated heterocycles. The Hall–Kier alpha value is -1.25. The Morgan fingerprint density at radius 1 is 0.870 bits per heavy atom. The molecule has 10 heteroatoms. The van der Waals surface area contributed by atoms with Gasteiger partial charge < -0.3 is 4.74 Å². The van der Waals surface area contributed by atoms with Crippen molar-refractivity contribution in [3.63, 3.8) is 0 Å². The van der Waals surface area contributed by atoms with Gasteiger partial charge in [0, 0.05) is 30.0 Å². The molecule has 1 rings (SSSR count). The molecule has 1 aromatic rings. The number of halogens is 9. The van der Waals surface area contributed by atoms with Crippen molar-refractivity contribution in [1.29, 1.82) is 0 Å². The van der Waals surface area contributed by atoms with Crippen LogP contribution in [0.3, 0.4) is 0 Å². The molecule has 0 heterocycles. The molecule has 0 unspecified atom stereocenters. The maximum atomic E-state index is 14.6. The van der Waals surface area contributed by atoms with Gasteiger partial charge in [0.15, 0.2) is 0 Å². The van der Waals surface area contributed by atoms with Crippen LogP contribution in [-0.2, 0) is 5.67 Å². The second-order valence-electron chi connectivity index (χ2n) is 5.06. The summed E-state index contributed by atoms with van der Waals surface area (Å²) in [5, 5.41) is -0.628. The number of hydrogen-bond donors (Lipinski definition) is 0. The van der Waals surface area contributed by atoms with Gasteiger partial charge in [-0.05, 0) is 19.1 Å². The Kier molecular flexibility index (Phi) is 4.89. The van der Waals surface area contributed by atoms with Crippen LogP contribution in [0.1, 0.15) is 25.0 Å². The molecule has 23 heavy (non-hydrogen) atoms. The lowest BCUT2D eigenvalue weighted by atomic mass is 9.84. The van der Waals surface area contributed by atoms with E-state index in [1.807, 2.05) is 0 Å².